The maximum atomic E-state index is 13.1. The van der Waals surface area contributed by atoms with E-state index >= 15 is 0 Å². The van der Waals surface area contributed by atoms with Crippen LogP contribution in [0.4, 0.5) is 11.5 Å². The van der Waals surface area contributed by atoms with Crippen LogP contribution in [0, 0.1) is 0 Å². The number of nitrogens with zero attached hydrogens (tertiary/aromatic N) is 3. The van der Waals surface area contributed by atoms with Gasteiger partial charge >= 0.3 is 0 Å². The van der Waals surface area contributed by atoms with Crippen molar-refractivity contribution in [2.24, 2.45) is 0 Å². The van der Waals surface area contributed by atoms with Crippen molar-refractivity contribution in [3.8, 4) is 0 Å². The Morgan fingerprint density at radius 2 is 1.94 bits per heavy atom. The van der Waals surface area contributed by atoms with Crippen LogP contribution in [0.5, 0.6) is 0 Å². The number of amides is 1. The second-order valence-electron chi connectivity index (χ2n) is 8.64. The largest absolute Gasteiger partial charge is 0.365 e. The molecule has 0 atom stereocenters. The first-order valence-electron chi connectivity index (χ1n) is 11.4. The maximum absolute atomic E-state index is 13.1. The van der Waals surface area contributed by atoms with Crippen molar-refractivity contribution >= 4 is 28.3 Å². The first-order valence-corrected chi connectivity index (χ1v) is 11.4. The fourth-order valence-electron chi connectivity index (χ4n) is 4.49. The lowest BCUT2D eigenvalue weighted by Gasteiger charge is -2.28. The van der Waals surface area contributed by atoms with E-state index in [-0.39, 0.29) is 14.8 Å². The van der Waals surface area contributed by atoms with Crippen LogP contribution in [0.2, 0.25) is 0 Å². The zero-order chi connectivity index (χ0) is 22.6. The summed E-state index contributed by atoms with van der Waals surface area (Å²) in [6, 6.07) is 13.5. The number of aromatic nitrogens is 3. The molecule has 1 aromatic carbocycles. The lowest BCUT2D eigenvalue weighted by molar-refractivity contribution is 0.102. The fourth-order valence-corrected chi connectivity index (χ4v) is 4.49. The van der Waals surface area contributed by atoms with Gasteiger partial charge in [-0.15, -0.1) is 0 Å². The van der Waals surface area contributed by atoms with Crippen molar-refractivity contribution in [2.75, 3.05) is 30.8 Å². The zero-order valence-corrected chi connectivity index (χ0v) is 18.7. The number of rotatable bonds is 6. The van der Waals surface area contributed by atoms with E-state index in [0.29, 0.717) is 23.8 Å². The molecule has 3 N–H and O–H groups in total. The van der Waals surface area contributed by atoms with Crippen LogP contribution in [0.3, 0.4) is 0 Å². The van der Waals surface area contributed by atoms with Gasteiger partial charge in [0.1, 0.15) is 5.82 Å². The molecule has 0 bridgehead atoms. The lowest BCUT2D eigenvalue weighted by atomic mass is 9.89. The third-order valence-electron chi connectivity index (χ3n) is 6.39. The Kier molecular flexibility index (Phi) is 7.23. The van der Waals surface area contributed by atoms with E-state index in [2.05, 4.69) is 49.8 Å². The SMILES string of the molecule is C.CN1CCC(c2c[nH]c3ccc(NC(=O)c4cccnc4NCc4ccncc4)cc23)CC1.[HH]. The highest BCUT2D eigenvalue weighted by molar-refractivity contribution is 6.08. The molecule has 1 aliphatic heterocycles. The summed E-state index contributed by atoms with van der Waals surface area (Å²) in [4.78, 5) is 27.3. The summed E-state index contributed by atoms with van der Waals surface area (Å²) >= 11 is 0. The van der Waals surface area contributed by atoms with E-state index < -0.39 is 0 Å². The van der Waals surface area contributed by atoms with Crippen molar-refractivity contribution < 1.29 is 6.22 Å². The molecule has 1 saturated heterocycles. The van der Waals surface area contributed by atoms with Crippen molar-refractivity contribution in [3.63, 3.8) is 0 Å². The van der Waals surface area contributed by atoms with Gasteiger partial charge in [-0.25, -0.2) is 4.98 Å². The topological polar surface area (TPSA) is 85.9 Å². The van der Waals surface area contributed by atoms with Gasteiger partial charge in [-0.2, -0.15) is 0 Å². The van der Waals surface area contributed by atoms with Crippen LogP contribution in [0.25, 0.3) is 10.9 Å². The first-order chi connectivity index (χ1) is 16.2. The Bertz CT molecular complexity index is 1250. The highest BCUT2D eigenvalue weighted by Gasteiger charge is 2.21. The Morgan fingerprint density at radius 1 is 1.15 bits per heavy atom. The summed E-state index contributed by atoms with van der Waals surface area (Å²) in [5.41, 5.74) is 4.81. The van der Waals surface area contributed by atoms with Crippen molar-refractivity contribution in [1.82, 2.24) is 19.9 Å². The van der Waals surface area contributed by atoms with Crippen molar-refractivity contribution in [3.05, 3.63) is 83.9 Å². The number of piperidine rings is 1. The Hall–Kier alpha value is -3.71. The van der Waals surface area contributed by atoms with Crippen molar-refractivity contribution in [1.29, 1.82) is 0 Å². The highest BCUT2D eigenvalue weighted by atomic mass is 16.1. The minimum absolute atomic E-state index is 0. The Labute approximate surface area is 202 Å². The van der Waals surface area contributed by atoms with E-state index in [1.54, 1.807) is 30.7 Å². The molecular weight excluding hydrogens is 424 g/mol. The molecule has 0 saturated carbocycles. The number of nitrogens with one attached hydrogen (secondary N) is 3. The fraction of sp³-hybridized carbons (Fsp3) is 0.296. The van der Waals surface area contributed by atoms with Crippen LogP contribution in [-0.4, -0.2) is 45.9 Å². The number of fused-ring (bicyclic) bond motifs is 1. The molecule has 1 fully saturated rings. The minimum Gasteiger partial charge on any atom is -0.365 e. The number of anilines is 2. The summed E-state index contributed by atoms with van der Waals surface area (Å²) in [5.74, 6) is 0.917. The van der Waals surface area contributed by atoms with Gasteiger partial charge in [0.05, 0.1) is 5.56 Å². The third kappa shape index (κ3) is 5.10. The number of benzene rings is 1. The number of carbonyl (C=O) groups is 1. The van der Waals surface area contributed by atoms with Gasteiger partial charge in [-0.05, 0) is 92.5 Å². The van der Waals surface area contributed by atoms with Gasteiger partial charge < -0.3 is 20.5 Å². The van der Waals surface area contributed by atoms with Gasteiger partial charge in [-0.3, -0.25) is 9.78 Å². The average molecular weight is 459 g/mol. The molecule has 7 nitrogen and oxygen atoms in total. The third-order valence-corrected chi connectivity index (χ3v) is 6.39. The van der Waals surface area contributed by atoms with Crippen LogP contribution >= 0.6 is 0 Å². The number of hydrogen-bond donors (Lipinski definition) is 3. The quantitative estimate of drug-likeness (QED) is 0.354. The van der Waals surface area contributed by atoms with Crippen LogP contribution in [-0.2, 0) is 6.54 Å². The number of H-pyrrole nitrogens is 1. The highest BCUT2D eigenvalue weighted by Crippen LogP contribution is 2.34. The monoisotopic (exact) mass is 458 g/mol. The predicted octanol–water partition coefficient (Wildman–Crippen LogP) is 5.51. The molecule has 1 amide bonds. The normalized spacial score (nSPS) is 14.5. The van der Waals surface area contributed by atoms with E-state index in [1.807, 2.05) is 24.3 Å². The molecule has 0 spiro atoms. The molecule has 34 heavy (non-hydrogen) atoms. The summed E-state index contributed by atoms with van der Waals surface area (Å²) in [6.07, 6.45) is 9.63. The average Bonchev–Trinajstić information content (AvgIpc) is 3.27. The molecule has 0 unspecified atom stereocenters. The van der Waals surface area contributed by atoms with Crippen LogP contribution in [0.1, 0.15) is 49.1 Å². The smallest absolute Gasteiger partial charge is 0.259 e. The summed E-state index contributed by atoms with van der Waals surface area (Å²) < 4.78 is 0. The molecule has 7 heteroatoms. The predicted molar refractivity (Wildman–Crippen MR) is 140 cm³/mol. The summed E-state index contributed by atoms with van der Waals surface area (Å²) in [6.45, 7) is 2.79. The maximum Gasteiger partial charge on any atom is 0.259 e. The van der Waals surface area contributed by atoms with Crippen LogP contribution < -0.4 is 10.6 Å². The Balaban J connectivity index is 0.00000171. The second-order valence-corrected chi connectivity index (χ2v) is 8.64. The number of carbonyl (C=O) groups excluding carboxylic acids is 1. The molecule has 0 radical (unpaired) electrons. The van der Waals surface area contributed by atoms with Gasteiger partial charge in [0.15, 0.2) is 0 Å². The summed E-state index contributed by atoms with van der Waals surface area (Å²) in [7, 11) is 2.18. The number of aromatic amines is 1. The zero-order valence-electron chi connectivity index (χ0n) is 18.7. The lowest BCUT2D eigenvalue weighted by Crippen LogP contribution is -2.29. The van der Waals surface area contributed by atoms with Gasteiger partial charge in [0, 0.05) is 49.3 Å². The van der Waals surface area contributed by atoms with Crippen LogP contribution in [0.15, 0.2) is 67.3 Å². The molecular formula is C27H34N6O. The number of pyridine rings is 2. The molecule has 3 aromatic heterocycles. The summed E-state index contributed by atoms with van der Waals surface area (Å²) in [5, 5.41) is 7.52. The van der Waals surface area contributed by atoms with Gasteiger partial charge in [0.2, 0.25) is 0 Å². The van der Waals surface area contributed by atoms with E-state index in [0.717, 1.165) is 42.7 Å². The number of likely N-dealkylation sites (tertiary alicyclic amines) is 1. The van der Waals surface area contributed by atoms with E-state index in [1.165, 1.54) is 10.9 Å². The molecule has 4 aromatic rings. The minimum atomic E-state index is -0.184. The second kappa shape index (κ2) is 10.5. The molecule has 4 heterocycles. The number of hydrogen-bond acceptors (Lipinski definition) is 5. The molecule has 5 rings (SSSR count). The Morgan fingerprint density at radius 3 is 2.74 bits per heavy atom. The molecule has 178 valence electrons. The van der Waals surface area contributed by atoms with Crippen molar-refractivity contribution in [2.45, 2.75) is 32.7 Å². The van der Waals surface area contributed by atoms with E-state index in [4.69, 9.17) is 0 Å². The molecule has 1 aliphatic rings. The van der Waals surface area contributed by atoms with E-state index in [9.17, 15) is 4.79 Å². The van der Waals surface area contributed by atoms with Gasteiger partial charge in [-0.1, -0.05) is 7.43 Å². The van der Waals surface area contributed by atoms with Gasteiger partial charge in [0.25, 0.3) is 5.91 Å². The molecule has 0 aliphatic carbocycles. The standard InChI is InChI=1S/C26H28N6O.CH4.H2/c1-32-13-8-19(9-14-32)23-17-29-24-5-4-20(15-22(23)24)31-26(33)21-3-2-10-28-25(21)30-16-18-6-11-27-12-7-18;;/h2-7,10-12,15,17,19,29H,8-9,13-14,16H2,1H3,(H,28,30)(H,31,33);1H4;1H. The first kappa shape index (κ1) is 23.4.